The van der Waals surface area contributed by atoms with Crippen LogP contribution in [0.1, 0.15) is 11.1 Å². The molecule has 0 saturated carbocycles. The van der Waals surface area contributed by atoms with Crippen LogP contribution in [0.5, 0.6) is 0 Å². The van der Waals surface area contributed by atoms with Crippen LogP contribution in [0.15, 0.2) is 35.4 Å². The first-order valence-corrected chi connectivity index (χ1v) is 4.79. The molecular weight excluding hydrogens is 204 g/mol. The average molecular weight is 214 g/mol. The molecule has 0 atom stereocenters. The third-order valence-corrected chi connectivity index (χ3v) is 2.34. The second kappa shape index (κ2) is 4.03. The van der Waals surface area contributed by atoms with E-state index >= 15 is 0 Å². The fourth-order valence-corrected chi connectivity index (χ4v) is 1.46. The average Bonchev–Trinajstić information content (AvgIpc) is 2.62. The topological polar surface area (TPSA) is 63.6 Å². The van der Waals surface area contributed by atoms with Crippen molar-refractivity contribution in [3.8, 4) is 6.07 Å². The number of nitrogens with zero attached hydrogens (tertiary/aromatic N) is 4. The van der Waals surface area contributed by atoms with E-state index < -0.39 is 0 Å². The highest BCUT2D eigenvalue weighted by Gasteiger charge is 2.05. The minimum Gasteiger partial charge on any atom is -0.285 e. The zero-order valence-corrected chi connectivity index (χ0v) is 8.79. The largest absolute Gasteiger partial charge is 0.345 e. The van der Waals surface area contributed by atoms with Crippen LogP contribution in [0.4, 0.5) is 0 Å². The van der Waals surface area contributed by atoms with E-state index in [0.29, 0.717) is 12.1 Å². The first-order valence-electron chi connectivity index (χ1n) is 4.79. The van der Waals surface area contributed by atoms with Gasteiger partial charge in [0, 0.05) is 7.05 Å². The van der Waals surface area contributed by atoms with Gasteiger partial charge in [0.2, 0.25) is 0 Å². The van der Waals surface area contributed by atoms with Gasteiger partial charge in [-0.15, -0.1) is 0 Å². The first kappa shape index (κ1) is 10.2. The maximum atomic E-state index is 11.6. The van der Waals surface area contributed by atoms with Gasteiger partial charge in [-0.3, -0.25) is 4.57 Å². The van der Waals surface area contributed by atoms with Crippen LogP contribution in [0.2, 0.25) is 0 Å². The highest BCUT2D eigenvalue weighted by atomic mass is 16.2. The van der Waals surface area contributed by atoms with Gasteiger partial charge in [0.05, 0.1) is 18.2 Å². The van der Waals surface area contributed by atoms with E-state index in [9.17, 15) is 4.79 Å². The van der Waals surface area contributed by atoms with Gasteiger partial charge in [-0.2, -0.15) is 10.4 Å². The number of hydrogen-bond donors (Lipinski definition) is 0. The minimum atomic E-state index is -0.187. The Bertz CT molecular complexity index is 603. The number of hydrogen-bond acceptors (Lipinski definition) is 3. The van der Waals surface area contributed by atoms with Crippen molar-refractivity contribution in [2.24, 2.45) is 7.05 Å². The predicted molar refractivity (Wildman–Crippen MR) is 57.7 cm³/mol. The van der Waals surface area contributed by atoms with Gasteiger partial charge < -0.3 is 0 Å². The highest BCUT2D eigenvalue weighted by molar-refractivity contribution is 5.37. The smallest absolute Gasteiger partial charge is 0.285 e. The number of aromatic nitrogens is 3. The standard InChI is InChI=1S/C11H10N4O/c1-14-8-13-15(11(14)16)7-10-5-3-2-4-9(10)6-12/h2-5,8H,7H2,1H3. The number of aryl methyl sites for hydroxylation is 1. The fraction of sp³-hybridized carbons (Fsp3) is 0.182. The van der Waals surface area contributed by atoms with E-state index in [-0.39, 0.29) is 5.69 Å². The van der Waals surface area contributed by atoms with Crippen LogP contribution in [0.3, 0.4) is 0 Å². The Kier molecular flexibility index (Phi) is 2.56. The molecule has 0 amide bonds. The summed E-state index contributed by atoms with van der Waals surface area (Å²) in [6.45, 7) is 0.323. The molecule has 1 aromatic carbocycles. The van der Waals surface area contributed by atoms with Crippen LogP contribution in [0, 0.1) is 11.3 Å². The van der Waals surface area contributed by atoms with Crippen molar-refractivity contribution in [1.82, 2.24) is 14.3 Å². The quantitative estimate of drug-likeness (QED) is 0.731. The molecular formula is C11H10N4O. The Hall–Kier alpha value is -2.35. The van der Waals surface area contributed by atoms with E-state index in [1.807, 2.05) is 12.1 Å². The monoisotopic (exact) mass is 214 g/mol. The summed E-state index contributed by atoms with van der Waals surface area (Å²) >= 11 is 0. The lowest BCUT2D eigenvalue weighted by atomic mass is 10.1. The van der Waals surface area contributed by atoms with Crippen LogP contribution in [-0.2, 0) is 13.6 Å². The van der Waals surface area contributed by atoms with Gasteiger partial charge >= 0.3 is 5.69 Å². The molecule has 0 unspecified atom stereocenters. The van der Waals surface area contributed by atoms with Crippen molar-refractivity contribution in [3.63, 3.8) is 0 Å². The summed E-state index contributed by atoms with van der Waals surface area (Å²) in [5, 5.41) is 12.9. The van der Waals surface area contributed by atoms with Crippen LogP contribution >= 0.6 is 0 Å². The molecule has 0 spiro atoms. The molecule has 5 heteroatoms. The van der Waals surface area contributed by atoms with E-state index in [1.54, 1.807) is 19.2 Å². The summed E-state index contributed by atoms with van der Waals surface area (Å²) in [5.74, 6) is 0. The molecule has 16 heavy (non-hydrogen) atoms. The van der Waals surface area contributed by atoms with Crippen molar-refractivity contribution in [2.45, 2.75) is 6.54 Å². The Labute approximate surface area is 92.2 Å². The molecule has 0 N–H and O–H groups in total. The maximum absolute atomic E-state index is 11.6. The lowest BCUT2D eigenvalue weighted by molar-refractivity contribution is 0.646. The summed E-state index contributed by atoms with van der Waals surface area (Å²) in [4.78, 5) is 11.6. The van der Waals surface area contributed by atoms with Crippen molar-refractivity contribution >= 4 is 0 Å². The first-order chi connectivity index (χ1) is 7.72. The van der Waals surface area contributed by atoms with Gasteiger partial charge in [0.1, 0.15) is 6.33 Å². The van der Waals surface area contributed by atoms with Gasteiger partial charge in [-0.1, -0.05) is 18.2 Å². The zero-order chi connectivity index (χ0) is 11.5. The third-order valence-electron chi connectivity index (χ3n) is 2.34. The SMILES string of the molecule is Cn1cnn(Cc2ccccc2C#N)c1=O. The molecule has 0 saturated heterocycles. The van der Waals surface area contributed by atoms with Gasteiger partial charge in [0.15, 0.2) is 0 Å². The second-order valence-electron chi connectivity index (χ2n) is 3.45. The fourth-order valence-electron chi connectivity index (χ4n) is 1.46. The molecule has 5 nitrogen and oxygen atoms in total. The van der Waals surface area contributed by atoms with Crippen molar-refractivity contribution in [3.05, 3.63) is 52.2 Å². The molecule has 0 radical (unpaired) electrons. The lowest BCUT2D eigenvalue weighted by Crippen LogP contribution is -2.23. The van der Waals surface area contributed by atoms with Crippen LogP contribution < -0.4 is 5.69 Å². The molecule has 2 rings (SSSR count). The van der Waals surface area contributed by atoms with Crippen LogP contribution in [-0.4, -0.2) is 14.3 Å². The predicted octanol–water partition coefficient (Wildman–Crippen LogP) is 0.502. The number of benzene rings is 1. The van der Waals surface area contributed by atoms with E-state index in [2.05, 4.69) is 11.2 Å². The van der Waals surface area contributed by atoms with Crippen molar-refractivity contribution in [2.75, 3.05) is 0 Å². The van der Waals surface area contributed by atoms with Crippen LogP contribution in [0.25, 0.3) is 0 Å². The number of rotatable bonds is 2. The minimum absolute atomic E-state index is 0.187. The molecule has 0 aliphatic carbocycles. The molecule has 80 valence electrons. The summed E-state index contributed by atoms with van der Waals surface area (Å²) in [5.41, 5.74) is 1.18. The maximum Gasteiger partial charge on any atom is 0.345 e. The Morgan fingerprint density at radius 1 is 1.44 bits per heavy atom. The third kappa shape index (κ3) is 1.73. The van der Waals surface area contributed by atoms with E-state index in [1.165, 1.54) is 15.6 Å². The number of nitriles is 1. The highest BCUT2D eigenvalue weighted by Crippen LogP contribution is 2.07. The molecule has 2 aromatic rings. The van der Waals surface area contributed by atoms with E-state index in [0.717, 1.165) is 5.56 Å². The molecule has 1 aromatic heterocycles. The zero-order valence-electron chi connectivity index (χ0n) is 8.79. The second-order valence-corrected chi connectivity index (χ2v) is 3.45. The molecule has 0 aliphatic rings. The molecule has 0 bridgehead atoms. The Morgan fingerprint density at radius 3 is 2.81 bits per heavy atom. The molecule has 1 heterocycles. The van der Waals surface area contributed by atoms with E-state index in [4.69, 9.17) is 5.26 Å². The lowest BCUT2D eigenvalue weighted by Gasteiger charge is -2.02. The summed E-state index contributed by atoms with van der Waals surface area (Å²) in [7, 11) is 1.64. The Balaban J connectivity index is 2.39. The summed E-state index contributed by atoms with van der Waals surface area (Å²) in [6, 6.07) is 9.27. The van der Waals surface area contributed by atoms with Crippen molar-refractivity contribution < 1.29 is 0 Å². The Morgan fingerprint density at radius 2 is 2.19 bits per heavy atom. The van der Waals surface area contributed by atoms with Gasteiger partial charge in [-0.25, -0.2) is 9.48 Å². The normalized spacial score (nSPS) is 10.0. The summed E-state index contributed by atoms with van der Waals surface area (Å²) in [6.07, 6.45) is 1.46. The van der Waals surface area contributed by atoms with Gasteiger partial charge in [0.25, 0.3) is 0 Å². The van der Waals surface area contributed by atoms with Gasteiger partial charge in [-0.05, 0) is 11.6 Å². The molecule has 0 fully saturated rings. The van der Waals surface area contributed by atoms with Crippen molar-refractivity contribution in [1.29, 1.82) is 5.26 Å². The molecule has 0 aliphatic heterocycles. The summed E-state index contributed by atoms with van der Waals surface area (Å²) < 4.78 is 2.73.